The number of hydrogen-bond acceptors (Lipinski definition) is 4. The van der Waals surface area contributed by atoms with E-state index in [4.69, 9.17) is 4.74 Å². The van der Waals surface area contributed by atoms with Crippen LogP contribution in [0.25, 0.3) is 0 Å². The number of nitrogens with one attached hydrogen (secondary N) is 2. The fraction of sp³-hybridized carbons (Fsp3) is 0.273. The number of ether oxygens (including phenoxy) is 1. The van der Waals surface area contributed by atoms with Gasteiger partial charge >= 0.3 is 0 Å². The standard InChI is InChI=1S/C22H21FN2O3S/c1-13-20(29-11-10-28-13)22(27)25-19-15-7-3-2-6-14(15)12-18(19)24-21(26)16-8-4-5-9-17(16)23/h2-9,18-19H,10-12H2,1H3,(H,24,26)(H,25,27)/t18-,19-/m1/s1. The van der Waals surface area contributed by atoms with E-state index in [9.17, 15) is 14.0 Å². The van der Waals surface area contributed by atoms with Crippen molar-refractivity contribution < 1.29 is 18.7 Å². The average molecular weight is 412 g/mol. The molecule has 1 aliphatic heterocycles. The number of carbonyl (C=O) groups is 2. The molecular weight excluding hydrogens is 391 g/mol. The van der Waals surface area contributed by atoms with Crippen molar-refractivity contribution in [3.8, 4) is 0 Å². The molecule has 0 bridgehead atoms. The highest BCUT2D eigenvalue weighted by atomic mass is 32.2. The zero-order valence-corrected chi connectivity index (χ0v) is 16.7. The normalized spacial score (nSPS) is 20.6. The first-order valence-electron chi connectivity index (χ1n) is 9.45. The second-order valence-corrected chi connectivity index (χ2v) is 8.10. The molecule has 2 N–H and O–H groups in total. The quantitative estimate of drug-likeness (QED) is 0.808. The van der Waals surface area contributed by atoms with Crippen molar-refractivity contribution in [3.05, 3.63) is 81.7 Å². The summed E-state index contributed by atoms with van der Waals surface area (Å²) in [4.78, 5) is 26.1. The number of fused-ring (bicyclic) bond motifs is 1. The summed E-state index contributed by atoms with van der Waals surface area (Å²) in [6.45, 7) is 2.36. The second-order valence-electron chi connectivity index (χ2n) is 7.00. The zero-order chi connectivity index (χ0) is 20.4. The SMILES string of the molecule is CC1=C(C(=O)N[C@@H]2c3ccccc3C[C@H]2NC(=O)c2ccccc2F)SCCO1. The van der Waals surface area contributed by atoms with Gasteiger partial charge in [0.05, 0.1) is 24.3 Å². The molecule has 150 valence electrons. The van der Waals surface area contributed by atoms with Crippen LogP contribution < -0.4 is 10.6 Å². The summed E-state index contributed by atoms with van der Waals surface area (Å²) in [7, 11) is 0. The molecule has 29 heavy (non-hydrogen) atoms. The monoisotopic (exact) mass is 412 g/mol. The van der Waals surface area contributed by atoms with Crippen molar-refractivity contribution in [1.29, 1.82) is 0 Å². The number of amides is 2. The Balaban J connectivity index is 1.57. The van der Waals surface area contributed by atoms with Crippen LogP contribution in [0, 0.1) is 5.82 Å². The van der Waals surface area contributed by atoms with Gasteiger partial charge in [-0.25, -0.2) is 4.39 Å². The fourth-order valence-corrected chi connectivity index (χ4v) is 4.56. The molecule has 4 rings (SSSR count). The molecule has 2 atom stereocenters. The van der Waals surface area contributed by atoms with E-state index in [0.29, 0.717) is 23.7 Å². The predicted octanol–water partition coefficient (Wildman–Crippen LogP) is 3.33. The average Bonchev–Trinajstić information content (AvgIpc) is 3.05. The minimum absolute atomic E-state index is 0.0108. The molecule has 2 amide bonds. The molecule has 0 spiro atoms. The molecule has 0 fully saturated rings. The van der Waals surface area contributed by atoms with Gasteiger partial charge in [0.2, 0.25) is 0 Å². The molecule has 0 unspecified atom stereocenters. The summed E-state index contributed by atoms with van der Waals surface area (Å²) in [5, 5.41) is 5.96. The van der Waals surface area contributed by atoms with Crippen LogP contribution >= 0.6 is 11.8 Å². The Labute approximate surface area is 172 Å². The first-order valence-corrected chi connectivity index (χ1v) is 10.4. The van der Waals surface area contributed by atoms with Crippen LogP contribution in [0.15, 0.2) is 59.2 Å². The van der Waals surface area contributed by atoms with Crippen LogP contribution in [0.1, 0.15) is 34.5 Å². The first kappa shape index (κ1) is 19.5. The molecule has 2 aromatic carbocycles. The smallest absolute Gasteiger partial charge is 0.261 e. The Bertz CT molecular complexity index is 992. The Morgan fingerprint density at radius 2 is 1.83 bits per heavy atom. The lowest BCUT2D eigenvalue weighted by Crippen LogP contribution is -2.45. The molecule has 2 aromatic rings. The summed E-state index contributed by atoms with van der Waals surface area (Å²) in [6.07, 6.45) is 0.559. The summed E-state index contributed by atoms with van der Waals surface area (Å²) in [6, 6.07) is 12.8. The molecule has 1 aliphatic carbocycles. The highest BCUT2D eigenvalue weighted by Gasteiger charge is 2.36. The van der Waals surface area contributed by atoms with E-state index < -0.39 is 17.8 Å². The number of halogens is 1. The zero-order valence-electron chi connectivity index (χ0n) is 15.9. The van der Waals surface area contributed by atoms with Crippen molar-refractivity contribution in [2.24, 2.45) is 0 Å². The van der Waals surface area contributed by atoms with Gasteiger partial charge in [0.1, 0.15) is 16.5 Å². The number of hydrogen-bond donors (Lipinski definition) is 2. The van der Waals surface area contributed by atoms with Gasteiger partial charge in [0.25, 0.3) is 11.8 Å². The van der Waals surface area contributed by atoms with Crippen molar-refractivity contribution in [1.82, 2.24) is 10.6 Å². The van der Waals surface area contributed by atoms with E-state index in [1.54, 1.807) is 19.1 Å². The minimum atomic E-state index is -0.572. The third-order valence-corrected chi connectivity index (χ3v) is 6.26. The summed E-state index contributed by atoms with van der Waals surface area (Å²) in [5.74, 6) is 0.0361. The number of rotatable bonds is 4. The molecule has 0 saturated heterocycles. The molecule has 0 radical (unpaired) electrons. The predicted molar refractivity (Wildman–Crippen MR) is 110 cm³/mol. The lowest BCUT2D eigenvalue weighted by molar-refractivity contribution is -0.117. The number of thioether (sulfide) groups is 1. The van der Waals surface area contributed by atoms with Crippen LogP contribution in [-0.4, -0.2) is 30.2 Å². The van der Waals surface area contributed by atoms with Crippen molar-refractivity contribution >= 4 is 23.6 Å². The largest absolute Gasteiger partial charge is 0.496 e. The van der Waals surface area contributed by atoms with Crippen LogP contribution in [0.3, 0.4) is 0 Å². The summed E-state index contributed by atoms with van der Waals surface area (Å²) < 4.78 is 19.5. The van der Waals surface area contributed by atoms with Crippen molar-refractivity contribution in [2.45, 2.75) is 25.4 Å². The third kappa shape index (κ3) is 4.00. The van der Waals surface area contributed by atoms with E-state index in [0.717, 1.165) is 16.9 Å². The maximum absolute atomic E-state index is 14.0. The van der Waals surface area contributed by atoms with E-state index in [-0.39, 0.29) is 17.5 Å². The Hall–Kier alpha value is -2.80. The van der Waals surface area contributed by atoms with Crippen LogP contribution in [0.2, 0.25) is 0 Å². The van der Waals surface area contributed by atoms with Gasteiger partial charge in [-0.05, 0) is 36.6 Å². The van der Waals surface area contributed by atoms with Gasteiger partial charge in [-0.15, -0.1) is 11.8 Å². The van der Waals surface area contributed by atoms with Gasteiger partial charge in [-0.3, -0.25) is 9.59 Å². The number of allylic oxidation sites excluding steroid dienone is 1. The molecule has 0 saturated carbocycles. The van der Waals surface area contributed by atoms with E-state index in [2.05, 4.69) is 10.6 Å². The molecule has 1 heterocycles. The van der Waals surface area contributed by atoms with Gasteiger partial charge in [0.15, 0.2) is 0 Å². The Kier molecular flexibility index (Phi) is 5.58. The van der Waals surface area contributed by atoms with E-state index in [1.165, 1.54) is 23.9 Å². The van der Waals surface area contributed by atoms with E-state index >= 15 is 0 Å². The van der Waals surface area contributed by atoms with Crippen molar-refractivity contribution in [2.75, 3.05) is 12.4 Å². The lowest BCUT2D eigenvalue weighted by Gasteiger charge is -2.25. The van der Waals surface area contributed by atoms with Gasteiger partial charge in [-0.2, -0.15) is 0 Å². The van der Waals surface area contributed by atoms with Gasteiger partial charge in [-0.1, -0.05) is 36.4 Å². The Morgan fingerprint density at radius 3 is 2.62 bits per heavy atom. The van der Waals surface area contributed by atoms with Crippen LogP contribution in [0.4, 0.5) is 4.39 Å². The van der Waals surface area contributed by atoms with E-state index in [1.807, 2.05) is 24.3 Å². The Morgan fingerprint density at radius 1 is 1.07 bits per heavy atom. The molecule has 2 aliphatic rings. The third-order valence-electron chi connectivity index (χ3n) is 5.13. The molecule has 0 aromatic heterocycles. The maximum atomic E-state index is 14.0. The first-order chi connectivity index (χ1) is 14.0. The lowest BCUT2D eigenvalue weighted by atomic mass is 10.1. The maximum Gasteiger partial charge on any atom is 0.261 e. The number of benzene rings is 2. The van der Waals surface area contributed by atoms with Crippen molar-refractivity contribution in [3.63, 3.8) is 0 Å². The fourth-order valence-electron chi connectivity index (χ4n) is 3.74. The van der Waals surface area contributed by atoms with Gasteiger partial charge in [0, 0.05) is 5.75 Å². The molecule has 5 nitrogen and oxygen atoms in total. The summed E-state index contributed by atoms with van der Waals surface area (Å²) >= 11 is 1.46. The van der Waals surface area contributed by atoms with Crippen LogP contribution in [0.5, 0.6) is 0 Å². The number of carbonyl (C=O) groups excluding carboxylic acids is 2. The highest BCUT2D eigenvalue weighted by molar-refractivity contribution is 8.04. The molecular formula is C22H21FN2O3S. The highest BCUT2D eigenvalue weighted by Crippen LogP contribution is 2.33. The second kappa shape index (κ2) is 8.29. The summed E-state index contributed by atoms with van der Waals surface area (Å²) in [5.41, 5.74) is 2.00. The molecule has 7 heteroatoms. The minimum Gasteiger partial charge on any atom is -0.496 e. The van der Waals surface area contributed by atoms with Gasteiger partial charge < -0.3 is 15.4 Å². The van der Waals surface area contributed by atoms with Crippen LogP contribution in [-0.2, 0) is 16.0 Å². The topological polar surface area (TPSA) is 67.4 Å².